The summed E-state index contributed by atoms with van der Waals surface area (Å²) in [6.07, 6.45) is 0. The van der Waals surface area contributed by atoms with Gasteiger partial charge in [0, 0.05) is 5.69 Å². The lowest BCUT2D eigenvalue weighted by Gasteiger charge is -2.11. The third kappa shape index (κ3) is 6.44. The van der Waals surface area contributed by atoms with Gasteiger partial charge < -0.3 is 10.1 Å². The zero-order valence-electron chi connectivity index (χ0n) is 13.7. The smallest absolute Gasteiger partial charge is 0.319 e. The van der Waals surface area contributed by atoms with E-state index in [0.29, 0.717) is 14.9 Å². The van der Waals surface area contributed by atoms with Crippen LogP contribution in [0.15, 0.2) is 36.4 Å². The predicted octanol–water partition coefficient (Wildman–Crippen LogP) is 4.03. The van der Waals surface area contributed by atoms with Crippen LogP contribution in [-0.4, -0.2) is 35.3 Å². The molecular weight excluding hydrogens is 401 g/mol. The van der Waals surface area contributed by atoms with Crippen LogP contribution < -0.4 is 5.32 Å². The molecule has 1 aromatic heterocycles. The van der Waals surface area contributed by atoms with Gasteiger partial charge in [-0.2, -0.15) is 0 Å². The number of carbonyl (C=O) groups excluding carboxylic acids is 3. The Labute approximate surface area is 162 Å². The number of thioether (sulfide) groups is 1. The lowest BCUT2D eigenvalue weighted by atomic mass is 10.3. The summed E-state index contributed by atoms with van der Waals surface area (Å²) in [4.78, 5) is 36.0. The summed E-state index contributed by atoms with van der Waals surface area (Å²) in [5, 5.41) is 1.98. The molecule has 1 N–H and O–H groups in total. The maximum atomic E-state index is 12.8. The molecular formula is C17H15ClFNO4S2. The monoisotopic (exact) mass is 415 g/mol. The molecule has 5 nitrogen and oxygen atoms in total. The van der Waals surface area contributed by atoms with E-state index in [4.69, 9.17) is 16.3 Å². The minimum absolute atomic E-state index is 0.0160. The number of carbonyl (C=O) groups is 3. The fraction of sp³-hybridized carbons (Fsp3) is 0.235. The molecule has 1 atom stereocenters. The fourth-order valence-electron chi connectivity index (χ4n) is 1.79. The van der Waals surface area contributed by atoms with Crippen LogP contribution in [0, 0.1) is 5.82 Å². The molecule has 1 amide bonds. The predicted molar refractivity (Wildman–Crippen MR) is 102 cm³/mol. The first-order valence-electron chi connectivity index (χ1n) is 7.47. The molecule has 26 heavy (non-hydrogen) atoms. The molecule has 0 radical (unpaired) electrons. The number of nitrogens with one attached hydrogen (secondary N) is 1. The number of ketones is 1. The van der Waals surface area contributed by atoms with E-state index >= 15 is 0 Å². The molecule has 0 spiro atoms. The average Bonchev–Trinajstić information content (AvgIpc) is 3.05. The quantitative estimate of drug-likeness (QED) is 0.520. The molecule has 9 heteroatoms. The fourth-order valence-corrected chi connectivity index (χ4v) is 3.43. The molecule has 0 unspecified atom stereocenters. The van der Waals surface area contributed by atoms with Crippen LogP contribution in [0.1, 0.15) is 16.6 Å². The Morgan fingerprint density at radius 1 is 1.23 bits per heavy atom. The molecule has 0 aliphatic rings. The van der Waals surface area contributed by atoms with Crippen LogP contribution in [0.2, 0.25) is 4.34 Å². The average molecular weight is 416 g/mol. The molecule has 0 saturated heterocycles. The molecule has 1 aromatic carbocycles. The molecule has 0 saturated carbocycles. The van der Waals surface area contributed by atoms with Crippen LogP contribution in [-0.2, 0) is 14.3 Å². The Kier molecular flexibility index (Phi) is 7.62. The number of thiophene rings is 1. The van der Waals surface area contributed by atoms with Gasteiger partial charge in [-0.15, -0.1) is 23.1 Å². The second kappa shape index (κ2) is 9.70. The number of hydrogen-bond acceptors (Lipinski definition) is 6. The van der Waals surface area contributed by atoms with Crippen LogP contribution in [0.4, 0.5) is 10.1 Å². The van der Waals surface area contributed by atoms with Gasteiger partial charge in [0.2, 0.25) is 11.7 Å². The van der Waals surface area contributed by atoms with E-state index in [2.05, 4.69) is 5.32 Å². The second-order valence-corrected chi connectivity index (χ2v) is 8.19. The minimum Gasteiger partial charge on any atom is -0.456 e. The van der Waals surface area contributed by atoms with E-state index in [1.807, 2.05) is 0 Å². The lowest BCUT2D eigenvalue weighted by Crippen LogP contribution is -2.23. The standard InChI is InChI=1S/C17H15ClFNO4S2/c1-10(17(23)24-8-13(21)14-6-7-15(18)26-14)25-9-16(22)20-12-4-2-11(19)3-5-12/h2-7,10H,8-9H2,1H3,(H,20,22)/t10-/m0/s1. The van der Waals surface area contributed by atoms with Gasteiger partial charge in [-0.25, -0.2) is 4.39 Å². The first-order chi connectivity index (χ1) is 12.3. The van der Waals surface area contributed by atoms with E-state index in [1.54, 1.807) is 19.1 Å². The molecule has 0 aliphatic heterocycles. The zero-order chi connectivity index (χ0) is 19.1. The Balaban J connectivity index is 1.71. The number of rotatable bonds is 8. The zero-order valence-corrected chi connectivity index (χ0v) is 16.1. The molecule has 0 aliphatic carbocycles. The summed E-state index contributed by atoms with van der Waals surface area (Å²) in [5.74, 6) is -1.62. The van der Waals surface area contributed by atoms with Gasteiger partial charge in [0.05, 0.1) is 15.0 Å². The Morgan fingerprint density at radius 2 is 1.92 bits per heavy atom. The molecule has 0 bridgehead atoms. The molecule has 2 rings (SSSR count). The van der Waals surface area contributed by atoms with Crippen molar-refractivity contribution in [3.63, 3.8) is 0 Å². The summed E-state index contributed by atoms with van der Waals surface area (Å²) < 4.78 is 18.3. The highest BCUT2D eigenvalue weighted by Gasteiger charge is 2.19. The van der Waals surface area contributed by atoms with Crippen molar-refractivity contribution >= 4 is 58.0 Å². The number of benzene rings is 1. The van der Waals surface area contributed by atoms with Crippen LogP contribution in [0.3, 0.4) is 0 Å². The van der Waals surface area contributed by atoms with Crippen LogP contribution >= 0.6 is 34.7 Å². The third-order valence-electron chi connectivity index (χ3n) is 3.12. The number of ether oxygens (including phenoxy) is 1. The van der Waals surface area contributed by atoms with Gasteiger partial charge in [-0.1, -0.05) is 11.6 Å². The molecule has 1 heterocycles. The number of hydrogen-bond donors (Lipinski definition) is 1. The van der Waals surface area contributed by atoms with E-state index < -0.39 is 17.0 Å². The van der Waals surface area contributed by atoms with E-state index in [-0.39, 0.29) is 24.1 Å². The number of anilines is 1. The van der Waals surface area contributed by atoms with Crippen molar-refractivity contribution in [2.45, 2.75) is 12.2 Å². The number of halogens is 2. The van der Waals surface area contributed by atoms with Crippen molar-refractivity contribution in [2.24, 2.45) is 0 Å². The first kappa shape index (κ1) is 20.4. The van der Waals surface area contributed by atoms with Crippen LogP contribution in [0.5, 0.6) is 0 Å². The number of amides is 1. The highest BCUT2D eigenvalue weighted by atomic mass is 35.5. The van der Waals surface area contributed by atoms with Gasteiger partial charge in [0.1, 0.15) is 11.1 Å². The van der Waals surface area contributed by atoms with Gasteiger partial charge in [0.25, 0.3) is 0 Å². The lowest BCUT2D eigenvalue weighted by molar-refractivity contribution is -0.141. The van der Waals surface area contributed by atoms with Crippen molar-refractivity contribution in [2.75, 3.05) is 17.7 Å². The molecule has 0 fully saturated rings. The Morgan fingerprint density at radius 3 is 2.54 bits per heavy atom. The van der Waals surface area contributed by atoms with Crippen molar-refractivity contribution in [1.82, 2.24) is 0 Å². The van der Waals surface area contributed by atoms with Gasteiger partial charge in [-0.05, 0) is 43.3 Å². The highest BCUT2D eigenvalue weighted by Crippen LogP contribution is 2.22. The van der Waals surface area contributed by atoms with E-state index in [9.17, 15) is 18.8 Å². The van der Waals surface area contributed by atoms with Crippen molar-refractivity contribution in [3.8, 4) is 0 Å². The third-order valence-corrected chi connectivity index (χ3v) is 5.51. The van der Waals surface area contributed by atoms with Crippen molar-refractivity contribution in [1.29, 1.82) is 0 Å². The maximum Gasteiger partial charge on any atom is 0.319 e. The topological polar surface area (TPSA) is 72.5 Å². The number of Topliss-reactive ketones (excluding diaryl/α,β-unsaturated/α-hetero) is 1. The second-order valence-electron chi connectivity index (χ2n) is 5.14. The van der Waals surface area contributed by atoms with Gasteiger partial charge >= 0.3 is 5.97 Å². The highest BCUT2D eigenvalue weighted by molar-refractivity contribution is 8.01. The van der Waals surface area contributed by atoms with Crippen molar-refractivity contribution < 1.29 is 23.5 Å². The molecule has 2 aromatic rings. The molecule has 138 valence electrons. The summed E-state index contributed by atoms with van der Waals surface area (Å²) >= 11 is 7.94. The summed E-state index contributed by atoms with van der Waals surface area (Å²) in [6, 6.07) is 8.53. The normalized spacial score (nSPS) is 11.7. The van der Waals surface area contributed by atoms with Gasteiger partial charge in [-0.3, -0.25) is 14.4 Å². The van der Waals surface area contributed by atoms with E-state index in [1.165, 1.54) is 24.3 Å². The largest absolute Gasteiger partial charge is 0.456 e. The summed E-state index contributed by atoms with van der Waals surface area (Å²) in [6.45, 7) is 1.22. The maximum absolute atomic E-state index is 12.8. The Bertz CT molecular complexity index is 794. The SMILES string of the molecule is C[C@H](SCC(=O)Nc1ccc(F)cc1)C(=O)OCC(=O)c1ccc(Cl)s1. The van der Waals surface area contributed by atoms with Gasteiger partial charge in [0.15, 0.2) is 6.61 Å². The Hall–Kier alpha value is -1.90. The number of esters is 1. The van der Waals surface area contributed by atoms with Crippen molar-refractivity contribution in [3.05, 3.63) is 51.4 Å². The summed E-state index contributed by atoms with van der Waals surface area (Å²) in [5.41, 5.74) is 0.465. The minimum atomic E-state index is -0.617. The van der Waals surface area contributed by atoms with E-state index in [0.717, 1.165) is 23.1 Å². The summed E-state index contributed by atoms with van der Waals surface area (Å²) in [7, 11) is 0. The first-order valence-corrected chi connectivity index (χ1v) is 9.71. The van der Waals surface area contributed by atoms with Crippen LogP contribution in [0.25, 0.3) is 0 Å².